The Bertz CT molecular complexity index is 715. The number of benzene rings is 2. The summed E-state index contributed by atoms with van der Waals surface area (Å²) in [4.78, 5) is 23.8. The molecule has 2 aromatic rings. The van der Waals surface area contributed by atoms with E-state index in [9.17, 15) is 9.59 Å². The zero-order valence-electron chi connectivity index (χ0n) is 15.7. The summed E-state index contributed by atoms with van der Waals surface area (Å²) >= 11 is 0. The number of ketones is 1. The third-order valence-electron chi connectivity index (χ3n) is 3.81. The minimum absolute atomic E-state index is 0.127. The van der Waals surface area contributed by atoms with Crippen molar-refractivity contribution in [2.24, 2.45) is 0 Å². The molecule has 0 atom stereocenters. The lowest BCUT2D eigenvalue weighted by Gasteiger charge is -2.19. The molecular formula is C22H27NO3. The van der Waals surface area contributed by atoms with Crippen LogP contribution in [0.25, 0.3) is 11.1 Å². The maximum absolute atomic E-state index is 12.3. The van der Waals surface area contributed by atoms with E-state index in [-0.39, 0.29) is 5.78 Å². The summed E-state index contributed by atoms with van der Waals surface area (Å²) in [5.41, 5.74) is 2.47. The smallest absolute Gasteiger partial charge is 0.407 e. The van der Waals surface area contributed by atoms with Crippen LogP contribution in [0.15, 0.2) is 54.6 Å². The molecular weight excluding hydrogens is 326 g/mol. The first-order valence-corrected chi connectivity index (χ1v) is 9.01. The van der Waals surface area contributed by atoms with Crippen molar-refractivity contribution in [1.29, 1.82) is 0 Å². The molecule has 0 fully saturated rings. The maximum atomic E-state index is 12.3. The Labute approximate surface area is 155 Å². The van der Waals surface area contributed by atoms with E-state index in [0.29, 0.717) is 13.0 Å². The minimum atomic E-state index is -0.494. The van der Waals surface area contributed by atoms with E-state index in [1.807, 2.05) is 63.2 Å². The second kappa shape index (κ2) is 9.18. The first kappa shape index (κ1) is 19.7. The molecule has 0 heterocycles. The lowest BCUT2D eigenvalue weighted by Crippen LogP contribution is -2.33. The average Bonchev–Trinajstić information content (AvgIpc) is 2.60. The van der Waals surface area contributed by atoms with Gasteiger partial charge in [0.25, 0.3) is 0 Å². The second-order valence-corrected chi connectivity index (χ2v) is 7.25. The van der Waals surface area contributed by atoms with Crippen molar-refractivity contribution >= 4 is 11.9 Å². The highest BCUT2D eigenvalue weighted by Gasteiger charge is 2.15. The van der Waals surface area contributed by atoms with Crippen LogP contribution in [0.2, 0.25) is 0 Å². The number of nitrogens with one attached hydrogen (secondary N) is 1. The van der Waals surface area contributed by atoms with Crippen molar-refractivity contribution in [3.63, 3.8) is 0 Å². The van der Waals surface area contributed by atoms with Gasteiger partial charge in [-0.1, -0.05) is 54.6 Å². The number of carbonyl (C=O) groups excluding carboxylic acids is 2. The highest BCUT2D eigenvalue weighted by molar-refractivity contribution is 5.96. The summed E-state index contributed by atoms with van der Waals surface area (Å²) < 4.78 is 5.17. The summed E-state index contributed by atoms with van der Waals surface area (Å²) in [5.74, 6) is 0.127. The molecule has 1 amide bonds. The predicted octanol–water partition coefficient (Wildman–Crippen LogP) is 5.23. The Hall–Kier alpha value is -2.62. The maximum Gasteiger partial charge on any atom is 0.407 e. The van der Waals surface area contributed by atoms with E-state index >= 15 is 0 Å². The molecule has 0 spiro atoms. The molecule has 138 valence electrons. The Balaban J connectivity index is 1.72. The summed E-state index contributed by atoms with van der Waals surface area (Å²) in [5, 5.41) is 2.71. The Kier molecular flexibility index (Phi) is 6.96. The van der Waals surface area contributed by atoms with Crippen molar-refractivity contribution in [1.82, 2.24) is 5.32 Å². The highest BCUT2D eigenvalue weighted by Crippen LogP contribution is 2.20. The van der Waals surface area contributed by atoms with E-state index in [0.717, 1.165) is 29.5 Å². The van der Waals surface area contributed by atoms with Gasteiger partial charge in [0, 0.05) is 18.5 Å². The summed E-state index contributed by atoms with van der Waals surface area (Å²) in [6.07, 6.45) is 1.53. The number of hydrogen-bond acceptors (Lipinski definition) is 3. The van der Waals surface area contributed by atoms with Crippen LogP contribution in [0.3, 0.4) is 0 Å². The fourth-order valence-corrected chi connectivity index (χ4v) is 2.54. The molecule has 0 unspecified atom stereocenters. The summed E-state index contributed by atoms with van der Waals surface area (Å²) in [6.45, 7) is 5.99. The number of rotatable bonds is 7. The van der Waals surface area contributed by atoms with Crippen LogP contribution in [0, 0.1) is 0 Å². The van der Waals surface area contributed by atoms with E-state index in [1.165, 1.54) is 0 Å². The summed E-state index contributed by atoms with van der Waals surface area (Å²) in [6, 6.07) is 17.8. The van der Waals surface area contributed by atoms with Crippen LogP contribution in [0.5, 0.6) is 0 Å². The number of ether oxygens (including phenoxy) is 1. The molecule has 0 aromatic heterocycles. The largest absolute Gasteiger partial charge is 0.444 e. The van der Waals surface area contributed by atoms with E-state index in [1.54, 1.807) is 0 Å². The van der Waals surface area contributed by atoms with Crippen LogP contribution < -0.4 is 5.32 Å². The average molecular weight is 353 g/mol. The lowest BCUT2D eigenvalue weighted by molar-refractivity contribution is 0.0527. The van der Waals surface area contributed by atoms with Crippen LogP contribution in [0.4, 0.5) is 4.79 Å². The van der Waals surface area contributed by atoms with E-state index < -0.39 is 11.7 Å². The van der Waals surface area contributed by atoms with Crippen LogP contribution >= 0.6 is 0 Å². The third kappa shape index (κ3) is 6.71. The molecule has 0 saturated heterocycles. The van der Waals surface area contributed by atoms with Crippen LogP contribution in [-0.2, 0) is 4.74 Å². The quantitative estimate of drug-likeness (QED) is 0.547. The van der Waals surface area contributed by atoms with Gasteiger partial charge in [-0.2, -0.15) is 0 Å². The van der Waals surface area contributed by atoms with Gasteiger partial charge in [-0.05, 0) is 44.7 Å². The van der Waals surface area contributed by atoms with Crippen LogP contribution in [0.1, 0.15) is 50.4 Å². The molecule has 0 aliphatic carbocycles. The molecule has 0 aliphatic rings. The van der Waals surface area contributed by atoms with Gasteiger partial charge in [0.05, 0.1) is 0 Å². The van der Waals surface area contributed by atoms with Gasteiger partial charge in [-0.15, -0.1) is 0 Å². The number of Topliss-reactive ketones (excluding diaryl/α,β-unsaturated/α-hetero) is 1. The first-order valence-electron chi connectivity index (χ1n) is 9.01. The highest BCUT2D eigenvalue weighted by atomic mass is 16.6. The number of hydrogen-bond donors (Lipinski definition) is 1. The molecule has 0 aliphatic heterocycles. The van der Waals surface area contributed by atoms with Gasteiger partial charge in [0.2, 0.25) is 0 Å². The Morgan fingerprint density at radius 2 is 1.50 bits per heavy atom. The zero-order valence-corrected chi connectivity index (χ0v) is 15.7. The standard InChI is InChI=1S/C22H27NO3/c1-22(2,3)26-21(25)23-16-8-7-11-20(24)19-14-12-18(13-15-19)17-9-5-4-6-10-17/h4-6,9-10,12-15H,7-8,11,16H2,1-3H3,(H,23,25). The van der Waals surface area contributed by atoms with E-state index in [2.05, 4.69) is 17.4 Å². The van der Waals surface area contributed by atoms with Gasteiger partial charge < -0.3 is 10.1 Å². The zero-order chi connectivity index (χ0) is 19.0. The van der Waals surface area contributed by atoms with Gasteiger partial charge in [-0.3, -0.25) is 4.79 Å². The molecule has 0 saturated carbocycles. The third-order valence-corrected chi connectivity index (χ3v) is 3.81. The molecule has 1 N–H and O–H groups in total. The topological polar surface area (TPSA) is 55.4 Å². The van der Waals surface area contributed by atoms with Gasteiger partial charge >= 0.3 is 6.09 Å². The summed E-state index contributed by atoms with van der Waals surface area (Å²) in [7, 11) is 0. The number of unbranched alkanes of at least 4 members (excludes halogenated alkanes) is 1. The first-order chi connectivity index (χ1) is 12.3. The van der Waals surface area contributed by atoms with Gasteiger partial charge in [-0.25, -0.2) is 4.79 Å². The fraction of sp³-hybridized carbons (Fsp3) is 0.364. The number of alkyl carbamates (subject to hydrolysis) is 1. The second-order valence-electron chi connectivity index (χ2n) is 7.25. The monoisotopic (exact) mass is 353 g/mol. The molecule has 4 heteroatoms. The van der Waals surface area contributed by atoms with Crippen molar-refractivity contribution in [3.05, 3.63) is 60.2 Å². The fourth-order valence-electron chi connectivity index (χ4n) is 2.54. The van der Waals surface area contributed by atoms with E-state index in [4.69, 9.17) is 4.74 Å². The molecule has 0 bridgehead atoms. The van der Waals surface area contributed by atoms with Crippen molar-refractivity contribution in [2.75, 3.05) is 6.54 Å². The lowest BCUT2D eigenvalue weighted by atomic mass is 10.0. The van der Waals surface area contributed by atoms with Crippen molar-refractivity contribution in [3.8, 4) is 11.1 Å². The van der Waals surface area contributed by atoms with Crippen molar-refractivity contribution in [2.45, 2.75) is 45.6 Å². The van der Waals surface area contributed by atoms with Crippen LogP contribution in [-0.4, -0.2) is 24.0 Å². The molecule has 2 aromatic carbocycles. The van der Waals surface area contributed by atoms with Gasteiger partial charge in [0.15, 0.2) is 5.78 Å². The Morgan fingerprint density at radius 1 is 0.885 bits per heavy atom. The molecule has 0 radical (unpaired) electrons. The normalized spacial score (nSPS) is 11.0. The molecule has 26 heavy (non-hydrogen) atoms. The SMILES string of the molecule is CC(C)(C)OC(=O)NCCCCC(=O)c1ccc(-c2ccccc2)cc1. The van der Waals surface area contributed by atoms with Crippen molar-refractivity contribution < 1.29 is 14.3 Å². The molecule has 2 rings (SSSR count). The molecule has 4 nitrogen and oxygen atoms in total. The minimum Gasteiger partial charge on any atom is -0.444 e. The number of carbonyl (C=O) groups is 2. The predicted molar refractivity (Wildman–Crippen MR) is 104 cm³/mol. The van der Waals surface area contributed by atoms with Gasteiger partial charge in [0.1, 0.15) is 5.60 Å². The number of amides is 1. The Morgan fingerprint density at radius 3 is 2.12 bits per heavy atom.